The molecule has 1 aliphatic rings. The van der Waals surface area contributed by atoms with Gasteiger partial charge in [0.2, 0.25) is 0 Å². The first kappa shape index (κ1) is 14.9. The van der Waals surface area contributed by atoms with Crippen molar-refractivity contribution in [2.24, 2.45) is 0 Å². The highest BCUT2D eigenvalue weighted by Crippen LogP contribution is 2.01. The average molecular weight is 237 g/mol. The van der Waals surface area contributed by atoms with Crippen LogP contribution in [0.3, 0.4) is 0 Å². The van der Waals surface area contributed by atoms with Gasteiger partial charge in [0.15, 0.2) is 0 Å². The van der Waals surface area contributed by atoms with Gasteiger partial charge in [-0.2, -0.15) is 0 Å². The third-order valence-electron chi connectivity index (χ3n) is 2.65. The normalized spacial score (nSPS) is 26.7. The molecule has 92 valence electrons. The first-order valence-corrected chi connectivity index (χ1v) is 7.41. The summed E-state index contributed by atoms with van der Waals surface area (Å²) in [6, 6.07) is 0.939. The minimum absolute atomic E-state index is 0.604. The van der Waals surface area contributed by atoms with E-state index in [0.717, 1.165) is 6.04 Å². The summed E-state index contributed by atoms with van der Waals surface area (Å²) in [5, 5.41) is 0. The van der Waals surface area contributed by atoms with E-state index in [4.69, 9.17) is 13.0 Å². The van der Waals surface area contributed by atoms with Crippen LogP contribution in [-0.4, -0.2) is 38.4 Å². The molecule has 1 saturated heterocycles. The summed E-state index contributed by atoms with van der Waals surface area (Å²) < 4.78 is 27.2. The highest BCUT2D eigenvalue weighted by molar-refractivity contribution is 7.84. The van der Waals surface area contributed by atoms with Gasteiger partial charge < -0.3 is 9.45 Å². The number of hydrogen-bond acceptors (Lipinski definition) is 3. The van der Waals surface area contributed by atoms with E-state index < -0.39 is 10.1 Å². The Morgan fingerprint density at radius 2 is 1.93 bits per heavy atom. The molecule has 5 heteroatoms. The summed E-state index contributed by atoms with van der Waals surface area (Å²) >= 11 is 0. The molecule has 1 rings (SSSR count). The van der Waals surface area contributed by atoms with E-state index in [1.165, 1.54) is 38.8 Å². The second kappa shape index (κ2) is 7.19. The van der Waals surface area contributed by atoms with Gasteiger partial charge in [-0.05, 0) is 32.6 Å². The molecular formula is C10H23NO3S. The maximum Gasteiger partial charge on any atom is 0.0916 e. The minimum atomic E-state index is -3.92. The molecule has 1 N–H and O–H groups in total. The first-order valence-electron chi connectivity index (χ1n) is 5.60. The number of rotatable bonds is 2. The summed E-state index contributed by atoms with van der Waals surface area (Å²) in [6.45, 7) is 7.49. The molecule has 0 amide bonds. The van der Waals surface area contributed by atoms with Crippen molar-refractivity contribution in [1.82, 2.24) is 0 Å². The highest BCUT2D eigenvalue weighted by atomic mass is 32.2. The van der Waals surface area contributed by atoms with Crippen molar-refractivity contribution >= 4 is 10.1 Å². The first-order chi connectivity index (χ1) is 6.84. The molecule has 0 saturated carbocycles. The SMILES string of the molecule is CCC[NH+]1CCCCC1C.CS(=O)(=O)[O-]. The fraction of sp³-hybridized carbons (Fsp3) is 1.00. The second-order valence-electron chi connectivity index (χ2n) is 4.26. The number of likely N-dealkylation sites (tertiary alicyclic amines) is 1. The van der Waals surface area contributed by atoms with E-state index in [2.05, 4.69) is 13.8 Å². The van der Waals surface area contributed by atoms with E-state index in [1.54, 1.807) is 0 Å². The van der Waals surface area contributed by atoms with Crippen LogP contribution in [0.15, 0.2) is 0 Å². The number of quaternary nitrogens is 1. The molecule has 1 heterocycles. The fourth-order valence-corrected chi connectivity index (χ4v) is 1.95. The van der Waals surface area contributed by atoms with E-state index in [0.29, 0.717) is 6.26 Å². The van der Waals surface area contributed by atoms with Gasteiger partial charge in [-0.15, -0.1) is 0 Å². The Hall–Kier alpha value is -0.130. The van der Waals surface area contributed by atoms with Crippen molar-refractivity contribution in [3.63, 3.8) is 0 Å². The van der Waals surface area contributed by atoms with Crippen LogP contribution in [0.1, 0.15) is 39.5 Å². The molecule has 1 aliphatic heterocycles. The summed E-state index contributed by atoms with van der Waals surface area (Å²) in [4.78, 5) is 1.84. The molecule has 0 aromatic carbocycles. The average Bonchev–Trinajstić information content (AvgIpc) is 2.06. The molecule has 1 fully saturated rings. The summed E-state index contributed by atoms with van der Waals surface area (Å²) in [5.74, 6) is 0. The van der Waals surface area contributed by atoms with Gasteiger partial charge in [0.25, 0.3) is 0 Å². The molecule has 0 aliphatic carbocycles. The topological polar surface area (TPSA) is 61.6 Å². The van der Waals surface area contributed by atoms with E-state index >= 15 is 0 Å². The number of hydrogen-bond donors (Lipinski definition) is 1. The molecule has 2 atom stereocenters. The van der Waals surface area contributed by atoms with Crippen LogP contribution >= 0.6 is 0 Å². The zero-order valence-corrected chi connectivity index (χ0v) is 10.8. The third-order valence-corrected chi connectivity index (χ3v) is 2.65. The predicted molar refractivity (Wildman–Crippen MR) is 59.9 cm³/mol. The van der Waals surface area contributed by atoms with Crippen molar-refractivity contribution < 1.29 is 17.9 Å². The summed E-state index contributed by atoms with van der Waals surface area (Å²) in [7, 11) is -3.92. The molecule has 15 heavy (non-hydrogen) atoms. The van der Waals surface area contributed by atoms with Gasteiger partial charge in [0.1, 0.15) is 0 Å². The third kappa shape index (κ3) is 10.2. The zero-order chi connectivity index (χ0) is 11.9. The van der Waals surface area contributed by atoms with Crippen LogP contribution in [-0.2, 0) is 10.1 Å². The van der Waals surface area contributed by atoms with E-state index in [1.807, 2.05) is 4.90 Å². The van der Waals surface area contributed by atoms with Crippen molar-refractivity contribution in [1.29, 1.82) is 0 Å². The lowest BCUT2D eigenvalue weighted by molar-refractivity contribution is -0.928. The minimum Gasteiger partial charge on any atom is -0.748 e. The summed E-state index contributed by atoms with van der Waals surface area (Å²) in [5.41, 5.74) is 0. The maximum absolute atomic E-state index is 9.08. The van der Waals surface area contributed by atoms with Crippen molar-refractivity contribution in [2.45, 2.75) is 45.6 Å². The van der Waals surface area contributed by atoms with Crippen LogP contribution < -0.4 is 4.90 Å². The van der Waals surface area contributed by atoms with Gasteiger partial charge in [0, 0.05) is 6.26 Å². The quantitative estimate of drug-likeness (QED) is 0.689. The van der Waals surface area contributed by atoms with Crippen LogP contribution in [0, 0.1) is 0 Å². The largest absolute Gasteiger partial charge is 0.748 e. The lowest BCUT2D eigenvalue weighted by atomic mass is 10.0. The smallest absolute Gasteiger partial charge is 0.0916 e. The molecule has 0 aromatic heterocycles. The molecule has 0 spiro atoms. The van der Waals surface area contributed by atoms with E-state index in [-0.39, 0.29) is 0 Å². The van der Waals surface area contributed by atoms with Crippen molar-refractivity contribution in [3.8, 4) is 0 Å². The van der Waals surface area contributed by atoms with Crippen molar-refractivity contribution in [2.75, 3.05) is 19.3 Å². The highest BCUT2D eigenvalue weighted by Gasteiger charge is 2.19. The Morgan fingerprint density at radius 3 is 2.33 bits per heavy atom. The van der Waals surface area contributed by atoms with Crippen LogP contribution in [0.2, 0.25) is 0 Å². The molecule has 0 bridgehead atoms. The van der Waals surface area contributed by atoms with Crippen LogP contribution in [0.25, 0.3) is 0 Å². The van der Waals surface area contributed by atoms with E-state index in [9.17, 15) is 0 Å². The molecular weight excluding hydrogens is 214 g/mol. The monoisotopic (exact) mass is 237 g/mol. The fourth-order valence-electron chi connectivity index (χ4n) is 1.95. The maximum atomic E-state index is 9.08. The van der Waals surface area contributed by atoms with Gasteiger partial charge in [-0.1, -0.05) is 6.92 Å². The zero-order valence-electron chi connectivity index (χ0n) is 9.95. The molecule has 0 aromatic rings. The van der Waals surface area contributed by atoms with Crippen molar-refractivity contribution in [3.05, 3.63) is 0 Å². The number of piperidine rings is 1. The lowest BCUT2D eigenvalue weighted by Gasteiger charge is -2.29. The Balaban J connectivity index is 0.000000336. The van der Waals surface area contributed by atoms with Crippen LogP contribution in [0.5, 0.6) is 0 Å². The molecule has 2 unspecified atom stereocenters. The summed E-state index contributed by atoms with van der Waals surface area (Å²) in [6.07, 6.45) is 6.33. The Labute approximate surface area is 93.4 Å². The standard InChI is InChI=1S/C9H19N.CH4O3S/c1-3-7-10-8-5-4-6-9(10)2;1-5(2,3)4/h9H,3-8H2,1-2H3;1H3,(H,2,3,4). The van der Waals surface area contributed by atoms with Gasteiger partial charge >= 0.3 is 0 Å². The second-order valence-corrected chi connectivity index (χ2v) is 5.67. The van der Waals surface area contributed by atoms with Gasteiger partial charge in [-0.25, -0.2) is 8.42 Å². The Morgan fingerprint density at radius 1 is 1.40 bits per heavy atom. The Bertz CT molecular complexity index is 241. The lowest BCUT2D eigenvalue weighted by Crippen LogP contribution is -3.16. The molecule has 0 radical (unpaired) electrons. The Kier molecular flexibility index (Phi) is 7.13. The predicted octanol–water partition coefficient (Wildman–Crippen LogP) is 0.0151. The number of nitrogens with one attached hydrogen (secondary N) is 1. The van der Waals surface area contributed by atoms with Gasteiger partial charge in [0.05, 0.1) is 29.2 Å². The van der Waals surface area contributed by atoms with Crippen LogP contribution in [0.4, 0.5) is 0 Å². The molecule has 4 nitrogen and oxygen atoms in total. The van der Waals surface area contributed by atoms with Gasteiger partial charge in [-0.3, -0.25) is 0 Å².